The molecule has 0 heterocycles. The molecule has 0 aliphatic carbocycles. The second-order valence-electron chi connectivity index (χ2n) is 3.08. The number of hydrogen-bond donors (Lipinski definition) is 1. The van der Waals surface area contributed by atoms with Crippen LogP contribution in [0, 0.1) is 13.8 Å². The summed E-state index contributed by atoms with van der Waals surface area (Å²) in [6.07, 6.45) is 0. The number of carbonyl (C=O) groups is 1. The van der Waals surface area contributed by atoms with Gasteiger partial charge in [-0.05, 0) is 53.9 Å². The third-order valence-electron chi connectivity index (χ3n) is 2.03. The van der Waals surface area contributed by atoms with Crippen LogP contribution in [-0.4, -0.2) is 10.9 Å². The zero-order valence-electron chi connectivity index (χ0n) is 7.81. The molecule has 0 atom stereocenters. The first-order valence-corrected chi connectivity index (χ1v) is 4.74. The lowest BCUT2D eigenvalue weighted by molar-refractivity contribution is 0.101. The van der Waals surface area contributed by atoms with Gasteiger partial charge in [-0.2, -0.15) is 0 Å². The smallest absolute Gasteiger partial charge is 0.160 e. The van der Waals surface area contributed by atoms with Gasteiger partial charge in [-0.3, -0.25) is 4.79 Å². The van der Waals surface area contributed by atoms with E-state index in [0.29, 0.717) is 10.0 Å². The summed E-state index contributed by atoms with van der Waals surface area (Å²) in [5.74, 6) is 0.204. The van der Waals surface area contributed by atoms with E-state index >= 15 is 0 Å². The lowest BCUT2D eigenvalue weighted by Gasteiger charge is -2.09. The Balaban J connectivity index is 3.53. The largest absolute Gasteiger partial charge is 0.507 e. The number of benzene rings is 1. The highest BCUT2D eigenvalue weighted by molar-refractivity contribution is 9.10. The molecule has 0 fully saturated rings. The molecule has 0 spiro atoms. The van der Waals surface area contributed by atoms with Gasteiger partial charge in [0.2, 0.25) is 0 Å². The van der Waals surface area contributed by atoms with Crippen LogP contribution in [-0.2, 0) is 0 Å². The van der Waals surface area contributed by atoms with Gasteiger partial charge in [0.25, 0.3) is 0 Å². The van der Waals surface area contributed by atoms with E-state index in [1.54, 1.807) is 6.07 Å². The molecule has 2 nitrogen and oxygen atoms in total. The summed E-state index contributed by atoms with van der Waals surface area (Å²) in [4.78, 5) is 11.2. The molecule has 1 rings (SSSR count). The van der Waals surface area contributed by atoms with E-state index in [0.717, 1.165) is 11.1 Å². The Labute approximate surface area is 85.7 Å². The average molecular weight is 243 g/mol. The standard InChI is InChI=1S/C10H11BrO2/c1-5-4-8(13)10(11)6(2)9(5)7(3)12/h4,13H,1-3H3. The fraction of sp³-hybridized carbons (Fsp3) is 0.300. The maximum Gasteiger partial charge on any atom is 0.160 e. The van der Waals surface area contributed by atoms with E-state index in [1.807, 2.05) is 13.8 Å². The summed E-state index contributed by atoms with van der Waals surface area (Å²) in [6, 6.07) is 1.59. The van der Waals surface area contributed by atoms with Crippen LogP contribution in [0.15, 0.2) is 10.5 Å². The highest BCUT2D eigenvalue weighted by Gasteiger charge is 2.13. The molecule has 0 amide bonds. The third-order valence-corrected chi connectivity index (χ3v) is 3.03. The Bertz CT molecular complexity index is 370. The molecule has 0 unspecified atom stereocenters. The van der Waals surface area contributed by atoms with Crippen LogP contribution in [0.1, 0.15) is 28.4 Å². The van der Waals surface area contributed by atoms with Gasteiger partial charge in [0.15, 0.2) is 5.78 Å². The average Bonchev–Trinajstić information content (AvgIpc) is 1.99. The first-order chi connectivity index (χ1) is 5.95. The van der Waals surface area contributed by atoms with Crippen LogP contribution in [0.2, 0.25) is 0 Å². The van der Waals surface area contributed by atoms with E-state index in [4.69, 9.17) is 0 Å². The number of ketones is 1. The number of halogens is 1. The van der Waals surface area contributed by atoms with Crippen LogP contribution < -0.4 is 0 Å². The van der Waals surface area contributed by atoms with Crippen molar-refractivity contribution in [3.8, 4) is 5.75 Å². The van der Waals surface area contributed by atoms with Crippen LogP contribution >= 0.6 is 15.9 Å². The van der Waals surface area contributed by atoms with Crippen molar-refractivity contribution in [2.75, 3.05) is 0 Å². The predicted molar refractivity (Wildman–Crippen MR) is 55.3 cm³/mol. The molecule has 1 N–H and O–H groups in total. The number of aromatic hydroxyl groups is 1. The number of Topliss-reactive ketones (excluding diaryl/α,β-unsaturated/α-hetero) is 1. The number of phenols is 1. The van der Waals surface area contributed by atoms with E-state index in [2.05, 4.69) is 15.9 Å². The summed E-state index contributed by atoms with van der Waals surface area (Å²) >= 11 is 3.23. The van der Waals surface area contributed by atoms with Gasteiger partial charge in [0, 0.05) is 5.56 Å². The molecule has 13 heavy (non-hydrogen) atoms. The van der Waals surface area contributed by atoms with E-state index in [1.165, 1.54) is 6.92 Å². The molecule has 0 saturated carbocycles. The van der Waals surface area contributed by atoms with Crippen molar-refractivity contribution in [2.45, 2.75) is 20.8 Å². The van der Waals surface area contributed by atoms with Crippen LogP contribution in [0.3, 0.4) is 0 Å². The SMILES string of the molecule is CC(=O)c1c(C)cc(O)c(Br)c1C. The minimum Gasteiger partial charge on any atom is -0.507 e. The van der Waals surface area contributed by atoms with Gasteiger partial charge in [-0.1, -0.05) is 0 Å². The minimum atomic E-state index is 0.0238. The van der Waals surface area contributed by atoms with Crippen molar-refractivity contribution in [1.29, 1.82) is 0 Å². The molecule has 0 saturated heterocycles. The van der Waals surface area contributed by atoms with Gasteiger partial charge in [-0.15, -0.1) is 0 Å². The number of aryl methyl sites for hydroxylation is 1. The molecular formula is C10H11BrO2. The van der Waals surface area contributed by atoms with Gasteiger partial charge >= 0.3 is 0 Å². The summed E-state index contributed by atoms with van der Waals surface area (Å²) in [7, 11) is 0. The van der Waals surface area contributed by atoms with Gasteiger partial charge in [0.1, 0.15) is 5.75 Å². The van der Waals surface area contributed by atoms with Crippen molar-refractivity contribution in [2.24, 2.45) is 0 Å². The van der Waals surface area contributed by atoms with Gasteiger partial charge < -0.3 is 5.11 Å². The monoisotopic (exact) mass is 242 g/mol. The molecular weight excluding hydrogens is 232 g/mol. The summed E-state index contributed by atoms with van der Waals surface area (Å²) in [5.41, 5.74) is 2.29. The van der Waals surface area contributed by atoms with Crippen molar-refractivity contribution in [3.63, 3.8) is 0 Å². The van der Waals surface area contributed by atoms with Crippen LogP contribution in [0.5, 0.6) is 5.75 Å². The lowest BCUT2D eigenvalue weighted by Crippen LogP contribution is -2.00. The molecule has 0 aliphatic heterocycles. The normalized spacial score (nSPS) is 10.2. The van der Waals surface area contributed by atoms with Crippen molar-refractivity contribution in [3.05, 3.63) is 27.2 Å². The maximum absolute atomic E-state index is 11.2. The Morgan fingerprint density at radius 1 is 1.46 bits per heavy atom. The quantitative estimate of drug-likeness (QED) is 0.770. The molecule has 0 bridgehead atoms. The van der Waals surface area contributed by atoms with E-state index in [-0.39, 0.29) is 11.5 Å². The number of hydrogen-bond acceptors (Lipinski definition) is 2. The molecule has 0 aliphatic rings. The highest BCUT2D eigenvalue weighted by atomic mass is 79.9. The molecule has 3 heteroatoms. The topological polar surface area (TPSA) is 37.3 Å². The molecule has 0 aromatic heterocycles. The zero-order valence-corrected chi connectivity index (χ0v) is 9.40. The third kappa shape index (κ3) is 1.75. The lowest BCUT2D eigenvalue weighted by atomic mass is 9.99. The van der Waals surface area contributed by atoms with E-state index in [9.17, 15) is 9.90 Å². The van der Waals surface area contributed by atoms with E-state index < -0.39 is 0 Å². The maximum atomic E-state index is 11.2. The Kier molecular flexibility index (Phi) is 2.76. The number of carbonyl (C=O) groups excluding carboxylic acids is 1. The molecule has 70 valence electrons. The summed E-state index contributed by atoms with van der Waals surface area (Å²) in [6.45, 7) is 5.16. The fourth-order valence-electron chi connectivity index (χ4n) is 1.48. The second-order valence-corrected chi connectivity index (χ2v) is 3.88. The second kappa shape index (κ2) is 3.50. The molecule has 1 aromatic carbocycles. The minimum absolute atomic E-state index is 0.0238. The van der Waals surface area contributed by atoms with Crippen LogP contribution in [0.25, 0.3) is 0 Å². The fourth-order valence-corrected chi connectivity index (χ4v) is 1.79. The zero-order chi connectivity index (χ0) is 10.2. The first-order valence-electron chi connectivity index (χ1n) is 3.94. The number of phenolic OH excluding ortho intramolecular Hbond substituents is 1. The number of rotatable bonds is 1. The Hall–Kier alpha value is -0.830. The van der Waals surface area contributed by atoms with Crippen molar-refractivity contribution >= 4 is 21.7 Å². The summed E-state index contributed by atoms with van der Waals surface area (Å²) in [5, 5.41) is 9.43. The van der Waals surface area contributed by atoms with Gasteiger partial charge in [0.05, 0.1) is 4.47 Å². The van der Waals surface area contributed by atoms with Crippen molar-refractivity contribution in [1.82, 2.24) is 0 Å². The van der Waals surface area contributed by atoms with Gasteiger partial charge in [-0.25, -0.2) is 0 Å². The Morgan fingerprint density at radius 3 is 2.46 bits per heavy atom. The summed E-state index contributed by atoms with van der Waals surface area (Å²) < 4.78 is 0.600. The predicted octanol–water partition coefficient (Wildman–Crippen LogP) is 2.97. The van der Waals surface area contributed by atoms with Crippen molar-refractivity contribution < 1.29 is 9.90 Å². The molecule has 0 radical (unpaired) electrons. The highest BCUT2D eigenvalue weighted by Crippen LogP contribution is 2.32. The molecule has 1 aromatic rings. The Morgan fingerprint density at radius 2 is 2.00 bits per heavy atom. The van der Waals surface area contributed by atoms with Crippen LogP contribution in [0.4, 0.5) is 0 Å². The first kappa shape index (κ1) is 10.3.